The van der Waals surface area contributed by atoms with Crippen LogP contribution in [0.4, 0.5) is 0 Å². The molecule has 2 rings (SSSR count). The van der Waals surface area contributed by atoms with E-state index in [0.29, 0.717) is 0 Å². The third-order valence-corrected chi connectivity index (χ3v) is 6.15. The molecule has 0 fully saturated rings. The van der Waals surface area contributed by atoms with Crippen molar-refractivity contribution in [3.63, 3.8) is 0 Å². The maximum Gasteiger partial charge on any atom is 0.265 e. The van der Waals surface area contributed by atoms with Gasteiger partial charge in [-0.1, -0.05) is 32.9 Å². The first-order valence-electron chi connectivity index (χ1n) is 9.46. The Morgan fingerprint density at radius 3 is 2.38 bits per heavy atom. The van der Waals surface area contributed by atoms with Gasteiger partial charge >= 0.3 is 0 Å². The van der Waals surface area contributed by atoms with Gasteiger partial charge in [-0.3, -0.25) is 4.79 Å². The van der Waals surface area contributed by atoms with Gasteiger partial charge in [-0.25, -0.2) is 4.98 Å². The molecule has 1 amide bonds. The Bertz CT molecular complexity index is 750. The van der Waals surface area contributed by atoms with Crippen molar-refractivity contribution in [2.45, 2.75) is 41.0 Å². The molecular formula is C21H31N3OS. The maximum absolute atomic E-state index is 12.8. The van der Waals surface area contributed by atoms with E-state index >= 15 is 0 Å². The van der Waals surface area contributed by atoms with Crippen LogP contribution in [0.3, 0.4) is 0 Å². The highest BCUT2D eigenvalue weighted by atomic mass is 32.1. The highest BCUT2D eigenvalue weighted by Crippen LogP contribution is 2.30. The van der Waals surface area contributed by atoms with Gasteiger partial charge in [0.1, 0.15) is 9.88 Å². The molecule has 26 heavy (non-hydrogen) atoms. The fourth-order valence-corrected chi connectivity index (χ4v) is 4.11. The van der Waals surface area contributed by atoms with Crippen molar-refractivity contribution in [3.8, 4) is 10.6 Å². The van der Waals surface area contributed by atoms with E-state index in [1.54, 1.807) is 0 Å². The number of amides is 1. The molecule has 0 saturated heterocycles. The zero-order valence-corrected chi connectivity index (χ0v) is 17.7. The first-order chi connectivity index (χ1) is 12.4. The minimum atomic E-state index is 0.0697. The van der Waals surface area contributed by atoms with Crippen LogP contribution >= 0.6 is 11.3 Å². The third kappa shape index (κ3) is 4.71. The van der Waals surface area contributed by atoms with Crippen LogP contribution in [0.5, 0.6) is 0 Å². The number of nitrogens with zero attached hydrogens (tertiary/aromatic N) is 3. The van der Waals surface area contributed by atoms with Crippen molar-refractivity contribution in [2.75, 3.05) is 33.2 Å². The van der Waals surface area contributed by atoms with Gasteiger partial charge in [0, 0.05) is 25.7 Å². The van der Waals surface area contributed by atoms with Gasteiger partial charge in [0.25, 0.3) is 5.91 Å². The lowest BCUT2D eigenvalue weighted by molar-refractivity contribution is 0.0783. The Morgan fingerprint density at radius 2 is 1.81 bits per heavy atom. The van der Waals surface area contributed by atoms with E-state index in [-0.39, 0.29) is 5.91 Å². The van der Waals surface area contributed by atoms with Crippen molar-refractivity contribution in [1.82, 2.24) is 14.8 Å². The van der Waals surface area contributed by atoms with Gasteiger partial charge in [-0.05, 0) is 50.6 Å². The molecule has 1 aromatic heterocycles. The molecule has 142 valence electrons. The predicted molar refractivity (Wildman–Crippen MR) is 111 cm³/mol. The molecule has 1 aromatic carbocycles. The summed E-state index contributed by atoms with van der Waals surface area (Å²) in [5.41, 5.74) is 4.55. The molecule has 0 bridgehead atoms. The zero-order chi connectivity index (χ0) is 19.3. The predicted octanol–water partition coefficient (Wildman–Crippen LogP) is 4.40. The third-order valence-electron chi connectivity index (χ3n) is 4.95. The molecule has 2 aromatic rings. The SMILES string of the molecule is CCc1ccc(-c2nc(C)c(C(=O)N(C)CCN(CC)CC)s2)cc1C. The van der Waals surface area contributed by atoms with Crippen LogP contribution in [-0.4, -0.2) is 53.9 Å². The largest absolute Gasteiger partial charge is 0.340 e. The van der Waals surface area contributed by atoms with Crippen LogP contribution in [0.25, 0.3) is 10.6 Å². The summed E-state index contributed by atoms with van der Waals surface area (Å²) in [4.78, 5) is 22.4. The normalized spacial score (nSPS) is 11.2. The summed E-state index contributed by atoms with van der Waals surface area (Å²) in [6, 6.07) is 6.46. The Morgan fingerprint density at radius 1 is 1.12 bits per heavy atom. The fourth-order valence-electron chi connectivity index (χ4n) is 3.05. The van der Waals surface area contributed by atoms with Crippen LogP contribution in [0, 0.1) is 13.8 Å². The summed E-state index contributed by atoms with van der Waals surface area (Å²) >= 11 is 1.50. The van der Waals surface area contributed by atoms with Gasteiger partial charge in [-0.2, -0.15) is 0 Å². The van der Waals surface area contributed by atoms with E-state index in [4.69, 9.17) is 0 Å². The number of aryl methyl sites for hydroxylation is 3. The van der Waals surface area contributed by atoms with Crippen LogP contribution in [-0.2, 0) is 6.42 Å². The molecule has 1 heterocycles. The fraction of sp³-hybridized carbons (Fsp3) is 0.524. The molecule has 0 spiro atoms. The summed E-state index contributed by atoms with van der Waals surface area (Å²) in [6.45, 7) is 14.2. The monoisotopic (exact) mass is 373 g/mol. The van der Waals surface area contributed by atoms with Gasteiger partial charge in [-0.15, -0.1) is 11.3 Å². The molecule has 0 unspecified atom stereocenters. The van der Waals surface area contributed by atoms with Crippen LogP contribution in [0.15, 0.2) is 18.2 Å². The molecule has 0 aliphatic heterocycles. The molecule has 4 nitrogen and oxygen atoms in total. The average Bonchev–Trinajstić information content (AvgIpc) is 3.03. The number of rotatable bonds is 8. The van der Waals surface area contributed by atoms with E-state index in [1.807, 2.05) is 18.9 Å². The Labute approximate surface area is 161 Å². The number of hydrogen-bond acceptors (Lipinski definition) is 4. The molecule has 5 heteroatoms. The van der Waals surface area contributed by atoms with Crippen LogP contribution in [0.1, 0.15) is 47.3 Å². The summed E-state index contributed by atoms with van der Waals surface area (Å²) in [7, 11) is 1.88. The summed E-state index contributed by atoms with van der Waals surface area (Å²) in [5, 5.41) is 0.925. The number of hydrogen-bond donors (Lipinski definition) is 0. The van der Waals surface area contributed by atoms with Crippen LogP contribution < -0.4 is 0 Å². The zero-order valence-electron chi connectivity index (χ0n) is 16.9. The summed E-state index contributed by atoms with van der Waals surface area (Å²) < 4.78 is 0. The lowest BCUT2D eigenvalue weighted by Gasteiger charge is -2.22. The molecular weight excluding hydrogens is 342 g/mol. The smallest absolute Gasteiger partial charge is 0.265 e. The van der Waals surface area contributed by atoms with Crippen molar-refractivity contribution in [1.29, 1.82) is 0 Å². The topological polar surface area (TPSA) is 36.4 Å². The first-order valence-corrected chi connectivity index (χ1v) is 10.3. The molecule has 0 aliphatic carbocycles. The molecule has 0 N–H and O–H groups in total. The summed E-state index contributed by atoms with van der Waals surface area (Å²) in [6.07, 6.45) is 1.03. The second kappa shape index (κ2) is 9.28. The van der Waals surface area contributed by atoms with E-state index in [0.717, 1.165) is 53.7 Å². The highest BCUT2D eigenvalue weighted by molar-refractivity contribution is 7.17. The minimum Gasteiger partial charge on any atom is -0.340 e. The average molecular weight is 374 g/mol. The van der Waals surface area contributed by atoms with Crippen molar-refractivity contribution in [3.05, 3.63) is 39.9 Å². The number of carbonyl (C=O) groups excluding carboxylic acids is 1. The van der Waals surface area contributed by atoms with Crippen molar-refractivity contribution >= 4 is 17.2 Å². The number of thiazole rings is 1. The quantitative estimate of drug-likeness (QED) is 0.688. The van der Waals surface area contributed by atoms with Crippen molar-refractivity contribution < 1.29 is 4.79 Å². The highest BCUT2D eigenvalue weighted by Gasteiger charge is 2.20. The van der Waals surface area contributed by atoms with Gasteiger partial charge < -0.3 is 9.80 Å². The molecule has 0 atom stereocenters. The number of aromatic nitrogens is 1. The van der Waals surface area contributed by atoms with Gasteiger partial charge in [0.05, 0.1) is 5.69 Å². The Balaban J connectivity index is 2.16. The summed E-state index contributed by atoms with van der Waals surface area (Å²) in [5.74, 6) is 0.0697. The lowest BCUT2D eigenvalue weighted by atomic mass is 10.0. The van der Waals surface area contributed by atoms with E-state index < -0.39 is 0 Å². The molecule has 0 radical (unpaired) electrons. The van der Waals surface area contributed by atoms with E-state index in [1.165, 1.54) is 22.5 Å². The lowest BCUT2D eigenvalue weighted by Crippen LogP contribution is -2.36. The van der Waals surface area contributed by atoms with Crippen molar-refractivity contribution in [2.24, 2.45) is 0 Å². The minimum absolute atomic E-state index is 0.0697. The second-order valence-electron chi connectivity index (χ2n) is 6.68. The van der Waals surface area contributed by atoms with Gasteiger partial charge in [0.2, 0.25) is 0 Å². The van der Waals surface area contributed by atoms with E-state index in [9.17, 15) is 4.79 Å². The van der Waals surface area contributed by atoms with E-state index in [2.05, 4.69) is 55.8 Å². The van der Waals surface area contributed by atoms with Crippen LogP contribution in [0.2, 0.25) is 0 Å². The Hall–Kier alpha value is -1.72. The number of likely N-dealkylation sites (N-methyl/N-ethyl adjacent to an activating group) is 2. The second-order valence-corrected chi connectivity index (χ2v) is 7.68. The molecule has 0 aliphatic rings. The first kappa shape index (κ1) is 20.6. The number of carbonyl (C=O) groups is 1. The number of benzene rings is 1. The van der Waals surface area contributed by atoms with Gasteiger partial charge in [0.15, 0.2) is 0 Å². The maximum atomic E-state index is 12.8. The standard InChI is InChI=1S/C21H31N3OS/c1-7-17-10-11-18(14-15(17)4)20-22-16(5)19(26-20)21(25)23(6)12-13-24(8-2)9-3/h10-11,14H,7-9,12-13H2,1-6H3. The Kier molecular flexibility index (Phi) is 7.35. The molecule has 0 saturated carbocycles.